The van der Waals surface area contributed by atoms with Crippen LogP contribution in [0.5, 0.6) is 0 Å². The normalized spacial score (nSPS) is 26.1. The van der Waals surface area contributed by atoms with Crippen molar-refractivity contribution < 1.29 is 0 Å². The highest BCUT2D eigenvalue weighted by Crippen LogP contribution is 2.22. The van der Waals surface area contributed by atoms with Crippen LogP contribution >= 0.6 is 24.0 Å². The van der Waals surface area contributed by atoms with E-state index in [2.05, 4.69) is 18.9 Å². The molecule has 1 aliphatic rings. The van der Waals surface area contributed by atoms with Gasteiger partial charge in [0.05, 0.1) is 11.0 Å². The second kappa shape index (κ2) is 4.44. The van der Waals surface area contributed by atoms with E-state index < -0.39 is 0 Å². The Bertz CT molecular complexity index is 166. The van der Waals surface area contributed by atoms with Crippen molar-refractivity contribution in [3.8, 4) is 0 Å². The molecule has 0 spiro atoms. The Kier molecular flexibility index (Phi) is 3.80. The van der Waals surface area contributed by atoms with Crippen LogP contribution in [-0.4, -0.2) is 40.5 Å². The highest BCUT2D eigenvalue weighted by Gasteiger charge is 2.24. The van der Waals surface area contributed by atoms with Gasteiger partial charge < -0.3 is 5.73 Å². The molecule has 1 saturated heterocycles. The average molecular weight is 204 g/mol. The van der Waals surface area contributed by atoms with Crippen LogP contribution in [0.2, 0.25) is 0 Å². The minimum atomic E-state index is 0.240. The van der Waals surface area contributed by atoms with Gasteiger partial charge in [-0.15, -0.1) is 0 Å². The Hall–Kier alpha value is 0.200. The van der Waals surface area contributed by atoms with E-state index in [-0.39, 0.29) is 6.04 Å². The van der Waals surface area contributed by atoms with Gasteiger partial charge in [0, 0.05) is 11.8 Å². The van der Waals surface area contributed by atoms with Gasteiger partial charge in [-0.1, -0.05) is 12.2 Å². The lowest BCUT2D eigenvalue weighted by Gasteiger charge is -2.29. The number of nitrogens with zero attached hydrogens (tertiary/aromatic N) is 1. The van der Waals surface area contributed by atoms with E-state index in [1.54, 1.807) is 0 Å². The van der Waals surface area contributed by atoms with Crippen molar-refractivity contribution in [1.29, 1.82) is 0 Å². The maximum Gasteiger partial charge on any atom is 0.0899 e. The van der Waals surface area contributed by atoms with Gasteiger partial charge in [0.25, 0.3) is 0 Å². The first-order valence-electron chi connectivity index (χ1n) is 4.22. The van der Waals surface area contributed by atoms with Gasteiger partial charge in [0.2, 0.25) is 0 Å². The first kappa shape index (κ1) is 10.3. The molecule has 2 atom stereocenters. The summed E-state index contributed by atoms with van der Waals surface area (Å²) < 4.78 is 0. The summed E-state index contributed by atoms with van der Waals surface area (Å²) >= 11 is 6.97. The molecule has 2 nitrogen and oxygen atoms in total. The minimum absolute atomic E-state index is 0.240. The van der Waals surface area contributed by atoms with Gasteiger partial charge in [0.1, 0.15) is 0 Å². The zero-order valence-electron chi connectivity index (χ0n) is 7.62. The Morgan fingerprint density at radius 3 is 2.83 bits per heavy atom. The molecule has 1 heterocycles. The number of hydrogen-bond acceptors (Lipinski definition) is 3. The van der Waals surface area contributed by atoms with Crippen LogP contribution in [0.1, 0.15) is 13.3 Å². The summed E-state index contributed by atoms with van der Waals surface area (Å²) in [6, 6.07) is 0.912. The molecular weight excluding hydrogens is 188 g/mol. The molecule has 0 aromatic heterocycles. The molecule has 1 aliphatic heterocycles. The van der Waals surface area contributed by atoms with Crippen LogP contribution in [-0.2, 0) is 0 Å². The summed E-state index contributed by atoms with van der Waals surface area (Å²) in [5, 5.41) is 0. The first-order chi connectivity index (χ1) is 5.63. The second-order valence-electron chi connectivity index (χ2n) is 3.26. The molecule has 0 saturated carbocycles. The number of nitrogens with two attached hydrogens (primary N) is 1. The predicted octanol–water partition coefficient (Wildman–Crippen LogP) is 1.10. The van der Waals surface area contributed by atoms with Gasteiger partial charge in [-0.3, -0.25) is 4.90 Å². The van der Waals surface area contributed by atoms with E-state index in [4.69, 9.17) is 18.0 Å². The number of rotatable bonds is 3. The number of hydrogen-bond donors (Lipinski definition) is 1. The summed E-state index contributed by atoms with van der Waals surface area (Å²) in [5.41, 5.74) is 5.59. The van der Waals surface area contributed by atoms with E-state index in [0.29, 0.717) is 11.0 Å². The van der Waals surface area contributed by atoms with Gasteiger partial charge in [-0.2, -0.15) is 11.8 Å². The lowest BCUT2D eigenvalue weighted by atomic mass is 10.2. The fourth-order valence-corrected chi connectivity index (χ4v) is 2.81. The number of likely N-dealkylation sites (N-methyl/N-ethyl adjacent to an activating group) is 1. The van der Waals surface area contributed by atoms with E-state index in [9.17, 15) is 0 Å². The fourth-order valence-electron chi connectivity index (χ4n) is 1.36. The smallest absolute Gasteiger partial charge is 0.0899 e. The van der Waals surface area contributed by atoms with Crippen LogP contribution in [0, 0.1) is 0 Å². The summed E-state index contributed by atoms with van der Waals surface area (Å²) in [4.78, 5) is 2.90. The van der Waals surface area contributed by atoms with Crippen molar-refractivity contribution in [2.45, 2.75) is 25.4 Å². The van der Waals surface area contributed by atoms with Gasteiger partial charge >= 0.3 is 0 Å². The maximum atomic E-state index is 5.59. The molecule has 1 fully saturated rings. The lowest BCUT2D eigenvalue weighted by Crippen LogP contribution is -2.45. The topological polar surface area (TPSA) is 29.3 Å². The van der Waals surface area contributed by atoms with E-state index >= 15 is 0 Å². The van der Waals surface area contributed by atoms with E-state index in [1.807, 2.05) is 11.8 Å². The molecule has 4 heteroatoms. The Labute approximate surface area is 83.9 Å². The number of thiocarbonyl (C=S) groups is 1. The highest BCUT2D eigenvalue weighted by atomic mass is 32.2. The van der Waals surface area contributed by atoms with Crippen molar-refractivity contribution in [2.24, 2.45) is 5.73 Å². The molecule has 1 rings (SSSR count). The third kappa shape index (κ3) is 2.34. The fraction of sp³-hybridized carbons (Fsp3) is 0.875. The molecular formula is C8H16N2S2. The molecule has 2 unspecified atom stereocenters. The minimum Gasteiger partial charge on any atom is -0.392 e. The van der Waals surface area contributed by atoms with Crippen LogP contribution in [0.4, 0.5) is 0 Å². The van der Waals surface area contributed by atoms with E-state index in [1.165, 1.54) is 17.9 Å². The third-order valence-corrected chi connectivity index (χ3v) is 3.99. The highest BCUT2D eigenvalue weighted by molar-refractivity contribution is 7.99. The zero-order chi connectivity index (χ0) is 9.14. The summed E-state index contributed by atoms with van der Waals surface area (Å²) in [6.07, 6.45) is 1.27. The lowest BCUT2D eigenvalue weighted by molar-refractivity contribution is 0.243. The largest absolute Gasteiger partial charge is 0.392 e. The molecule has 0 aromatic rings. The SMILES string of the molecule is CC(C(N)=S)N(C)C1CCSC1. The molecule has 2 N–H and O–H groups in total. The van der Waals surface area contributed by atoms with Crippen LogP contribution in [0.15, 0.2) is 0 Å². The van der Waals surface area contributed by atoms with Gasteiger partial charge in [-0.05, 0) is 26.1 Å². The van der Waals surface area contributed by atoms with Crippen molar-refractivity contribution in [2.75, 3.05) is 18.6 Å². The zero-order valence-corrected chi connectivity index (χ0v) is 9.25. The molecule has 0 amide bonds. The standard InChI is InChI=1S/C8H16N2S2/c1-6(8(9)11)10(2)7-3-4-12-5-7/h6-7H,3-5H2,1-2H3,(H2,9,11). The average Bonchev–Trinajstić information content (AvgIpc) is 2.53. The third-order valence-electron chi connectivity index (χ3n) is 2.50. The summed E-state index contributed by atoms with van der Waals surface area (Å²) in [6.45, 7) is 2.07. The predicted molar refractivity (Wildman–Crippen MR) is 59.7 cm³/mol. The Morgan fingerprint density at radius 1 is 1.75 bits per heavy atom. The summed E-state index contributed by atoms with van der Waals surface area (Å²) in [5.74, 6) is 2.50. The van der Waals surface area contributed by atoms with Crippen LogP contribution in [0.25, 0.3) is 0 Å². The van der Waals surface area contributed by atoms with Crippen molar-refractivity contribution >= 4 is 29.0 Å². The quantitative estimate of drug-likeness (QED) is 0.697. The van der Waals surface area contributed by atoms with Crippen molar-refractivity contribution in [3.63, 3.8) is 0 Å². The first-order valence-corrected chi connectivity index (χ1v) is 5.78. The Balaban J connectivity index is 2.44. The maximum absolute atomic E-state index is 5.59. The van der Waals surface area contributed by atoms with E-state index in [0.717, 1.165) is 0 Å². The van der Waals surface area contributed by atoms with Gasteiger partial charge in [0.15, 0.2) is 0 Å². The van der Waals surface area contributed by atoms with Crippen molar-refractivity contribution in [1.82, 2.24) is 4.90 Å². The molecule has 0 bridgehead atoms. The van der Waals surface area contributed by atoms with Gasteiger partial charge in [-0.25, -0.2) is 0 Å². The van der Waals surface area contributed by atoms with Crippen LogP contribution < -0.4 is 5.73 Å². The molecule has 70 valence electrons. The monoisotopic (exact) mass is 204 g/mol. The Morgan fingerprint density at radius 2 is 2.42 bits per heavy atom. The molecule has 0 radical (unpaired) electrons. The molecule has 0 aliphatic carbocycles. The van der Waals surface area contributed by atoms with Crippen LogP contribution in [0.3, 0.4) is 0 Å². The number of thioether (sulfide) groups is 1. The molecule has 0 aromatic carbocycles. The second-order valence-corrected chi connectivity index (χ2v) is 4.88. The van der Waals surface area contributed by atoms with Crippen molar-refractivity contribution in [3.05, 3.63) is 0 Å². The molecule has 12 heavy (non-hydrogen) atoms. The summed E-state index contributed by atoms with van der Waals surface area (Å²) in [7, 11) is 2.11.